The Bertz CT molecular complexity index is 767. The van der Waals surface area contributed by atoms with Crippen LogP contribution in [0.5, 0.6) is 0 Å². The van der Waals surface area contributed by atoms with Crippen molar-refractivity contribution >= 4 is 41.5 Å². The summed E-state index contributed by atoms with van der Waals surface area (Å²) in [6.45, 7) is 9.65. The Morgan fingerprint density at radius 2 is 2.00 bits per heavy atom. The summed E-state index contributed by atoms with van der Waals surface area (Å²) in [5.74, 6) is 1.86. The van der Waals surface area contributed by atoms with E-state index in [0.717, 1.165) is 68.1 Å². The maximum Gasteiger partial charge on any atom is 0.193 e. The minimum absolute atomic E-state index is 0. The van der Waals surface area contributed by atoms with Crippen LogP contribution in [0.2, 0.25) is 5.02 Å². The quantitative estimate of drug-likeness (QED) is 0.374. The maximum atomic E-state index is 6.09. The van der Waals surface area contributed by atoms with Gasteiger partial charge in [-0.05, 0) is 38.0 Å². The van der Waals surface area contributed by atoms with Crippen LogP contribution in [-0.4, -0.2) is 60.7 Å². The van der Waals surface area contributed by atoms with Crippen LogP contribution in [0.4, 0.5) is 0 Å². The average molecular weight is 518 g/mol. The van der Waals surface area contributed by atoms with E-state index in [-0.39, 0.29) is 24.0 Å². The molecule has 1 fully saturated rings. The first-order valence-corrected chi connectivity index (χ1v) is 9.78. The number of halogens is 2. The second-order valence-electron chi connectivity index (χ2n) is 6.92. The van der Waals surface area contributed by atoms with Gasteiger partial charge in [-0.25, -0.2) is 0 Å². The summed E-state index contributed by atoms with van der Waals surface area (Å²) in [5, 5.41) is 8.29. The fourth-order valence-corrected chi connectivity index (χ4v) is 3.71. The van der Waals surface area contributed by atoms with E-state index >= 15 is 0 Å². The van der Waals surface area contributed by atoms with Crippen LogP contribution in [0.25, 0.3) is 0 Å². The van der Waals surface area contributed by atoms with Crippen molar-refractivity contribution in [2.75, 3.05) is 39.8 Å². The molecule has 1 aliphatic heterocycles. The first kappa shape index (κ1) is 23.0. The van der Waals surface area contributed by atoms with Crippen molar-refractivity contribution in [2.45, 2.75) is 26.8 Å². The summed E-state index contributed by atoms with van der Waals surface area (Å²) in [7, 11) is 1.84. The number of rotatable bonds is 5. The lowest BCUT2D eigenvalue weighted by atomic mass is 10.1. The molecule has 1 aromatic heterocycles. The second-order valence-corrected chi connectivity index (χ2v) is 7.36. The van der Waals surface area contributed by atoms with Gasteiger partial charge in [-0.2, -0.15) is 0 Å². The first-order chi connectivity index (χ1) is 13.1. The third-order valence-electron chi connectivity index (χ3n) is 5.02. The SMILES string of the molecule is CN=C(NCCc1c(C)noc1C)N1CCN(Cc2cccc(Cl)c2)CC1.I. The number of aromatic nitrogens is 1. The Morgan fingerprint density at radius 3 is 2.61 bits per heavy atom. The summed E-state index contributed by atoms with van der Waals surface area (Å²) in [6, 6.07) is 8.11. The number of nitrogens with zero attached hydrogens (tertiary/aromatic N) is 4. The molecule has 1 aliphatic rings. The molecule has 28 heavy (non-hydrogen) atoms. The molecule has 154 valence electrons. The van der Waals surface area contributed by atoms with Crippen LogP contribution in [0.1, 0.15) is 22.6 Å². The predicted octanol–water partition coefficient (Wildman–Crippen LogP) is 3.50. The molecular weight excluding hydrogens is 489 g/mol. The van der Waals surface area contributed by atoms with Crippen LogP contribution >= 0.6 is 35.6 Å². The minimum atomic E-state index is 0. The summed E-state index contributed by atoms with van der Waals surface area (Å²) in [4.78, 5) is 9.23. The molecule has 0 unspecified atom stereocenters. The van der Waals surface area contributed by atoms with Crippen molar-refractivity contribution in [1.29, 1.82) is 0 Å². The molecule has 3 rings (SSSR count). The van der Waals surface area contributed by atoms with Crippen molar-refractivity contribution in [1.82, 2.24) is 20.3 Å². The normalized spacial score (nSPS) is 15.4. The number of aliphatic imine (C=N–C) groups is 1. The zero-order valence-corrected chi connectivity index (χ0v) is 19.8. The predicted molar refractivity (Wildman–Crippen MR) is 125 cm³/mol. The van der Waals surface area contributed by atoms with Crippen LogP contribution in [0.3, 0.4) is 0 Å². The lowest BCUT2D eigenvalue weighted by molar-refractivity contribution is 0.172. The first-order valence-electron chi connectivity index (χ1n) is 9.41. The van der Waals surface area contributed by atoms with Gasteiger partial charge < -0.3 is 14.7 Å². The third-order valence-corrected chi connectivity index (χ3v) is 5.25. The summed E-state index contributed by atoms with van der Waals surface area (Å²) in [5.41, 5.74) is 3.42. The molecule has 0 atom stereocenters. The number of guanidine groups is 1. The van der Waals surface area contributed by atoms with Gasteiger partial charge in [-0.1, -0.05) is 28.9 Å². The van der Waals surface area contributed by atoms with E-state index in [4.69, 9.17) is 16.1 Å². The monoisotopic (exact) mass is 517 g/mol. The van der Waals surface area contributed by atoms with Crippen molar-refractivity contribution in [3.05, 3.63) is 51.9 Å². The van der Waals surface area contributed by atoms with Crippen LogP contribution < -0.4 is 5.32 Å². The molecule has 6 nitrogen and oxygen atoms in total. The van der Waals surface area contributed by atoms with Gasteiger partial charge in [-0.15, -0.1) is 24.0 Å². The molecule has 0 amide bonds. The molecule has 1 N–H and O–H groups in total. The summed E-state index contributed by atoms with van der Waals surface area (Å²) in [6.07, 6.45) is 0.884. The van der Waals surface area contributed by atoms with E-state index in [9.17, 15) is 0 Å². The number of hydrogen-bond donors (Lipinski definition) is 1. The van der Waals surface area contributed by atoms with E-state index in [1.807, 2.05) is 39.1 Å². The molecule has 0 bridgehead atoms. The Hall–Kier alpha value is -1.32. The zero-order chi connectivity index (χ0) is 19.2. The third kappa shape index (κ3) is 6.09. The van der Waals surface area contributed by atoms with Gasteiger partial charge >= 0.3 is 0 Å². The smallest absolute Gasteiger partial charge is 0.193 e. The van der Waals surface area contributed by atoms with E-state index < -0.39 is 0 Å². The van der Waals surface area contributed by atoms with Crippen LogP contribution in [0.15, 0.2) is 33.8 Å². The number of nitrogens with one attached hydrogen (secondary N) is 1. The van der Waals surface area contributed by atoms with Crippen molar-refractivity contribution in [2.24, 2.45) is 4.99 Å². The van der Waals surface area contributed by atoms with Gasteiger partial charge in [0.2, 0.25) is 0 Å². The molecule has 1 saturated heterocycles. The molecule has 2 heterocycles. The highest BCUT2D eigenvalue weighted by molar-refractivity contribution is 14.0. The average Bonchev–Trinajstić information content (AvgIpc) is 2.98. The number of aryl methyl sites for hydroxylation is 2. The topological polar surface area (TPSA) is 56.9 Å². The lowest BCUT2D eigenvalue weighted by Gasteiger charge is -2.36. The number of benzene rings is 1. The van der Waals surface area contributed by atoms with E-state index in [0.29, 0.717) is 0 Å². The summed E-state index contributed by atoms with van der Waals surface area (Å²) < 4.78 is 5.23. The van der Waals surface area contributed by atoms with Gasteiger partial charge in [0.05, 0.1) is 5.69 Å². The Balaban J connectivity index is 0.00000280. The molecule has 0 aliphatic carbocycles. The highest BCUT2D eigenvalue weighted by atomic mass is 127. The summed E-state index contributed by atoms with van der Waals surface area (Å²) >= 11 is 6.09. The van der Waals surface area contributed by atoms with Crippen molar-refractivity contribution in [3.63, 3.8) is 0 Å². The molecule has 0 saturated carbocycles. The van der Waals surface area contributed by atoms with E-state index in [1.54, 1.807) is 0 Å². The maximum absolute atomic E-state index is 6.09. The Kier molecular flexibility index (Phi) is 9.04. The second kappa shape index (κ2) is 11.0. The molecule has 1 aromatic carbocycles. The minimum Gasteiger partial charge on any atom is -0.361 e. The molecule has 2 aromatic rings. The van der Waals surface area contributed by atoms with Gasteiger partial charge in [0, 0.05) is 56.9 Å². The molecule has 8 heteroatoms. The van der Waals surface area contributed by atoms with Crippen LogP contribution in [0, 0.1) is 13.8 Å². The fraction of sp³-hybridized carbons (Fsp3) is 0.500. The zero-order valence-electron chi connectivity index (χ0n) is 16.7. The highest BCUT2D eigenvalue weighted by Crippen LogP contribution is 2.14. The Labute approximate surface area is 189 Å². The fourth-order valence-electron chi connectivity index (χ4n) is 3.50. The van der Waals surface area contributed by atoms with Crippen molar-refractivity contribution in [3.8, 4) is 0 Å². The molecule has 0 spiro atoms. The largest absolute Gasteiger partial charge is 0.361 e. The standard InChI is InChI=1S/C20H28ClN5O.HI/c1-15-19(16(2)27-24-15)7-8-23-20(22-3)26-11-9-25(10-12-26)14-17-5-4-6-18(21)13-17;/h4-6,13H,7-12,14H2,1-3H3,(H,22,23);1H. The van der Waals surface area contributed by atoms with Crippen molar-refractivity contribution < 1.29 is 4.52 Å². The molecule has 0 radical (unpaired) electrons. The van der Waals surface area contributed by atoms with E-state index in [1.165, 1.54) is 11.1 Å². The van der Waals surface area contributed by atoms with Gasteiger partial charge in [0.1, 0.15) is 5.76 Å². The molecular formula is C20H29ClIN5O. The number of piperazine rings is 1. The van der Waals surface area contributed by atoms with Crippen LogP contribution in [-0.2, 0) is 13.0 Å². The number of hydrogen-bond acceptors (Lipinski definition) is 4. The lowest BCUT2D eigenvalue weighted by Crippen LogP contribution is -2.52. The highest BCUT2D eigenvalue weighted by Gasteiger charge is 2.20. The van der Waals surface area contributed by atoms with E-state index in [2.05, 4.69) is 31.3 Å². The van der Waals surface area contributed by atoms with Gasteiger partial charge in [0.25, 0.3) is 0 Å². The Morgan fingerprint density at radius 1 is 1.25 bits per heavy atom. The van der Waals surface area contributed by atoms with Gasteiger partial charge in [-0.3, -0.25) is 9.89 Å². The van der Waals surface area contributed by atoms with Gasteiger partial charge in [0.15, 0.2) is 5.96 Å².